The van der Waals surface area contributed by atoms with Gasteiger partial charge in [-0.05, 0) is 48.0 Å². The van der Waals surface area contributed by atoms with Crippen molar-refractivity contribution in [3.05, 3.63) is 89.2 Å². The van der Waals surface area contributed by atoms with Gasteiger partial charge in [0.25, 0.3) is 21.8 Å². The number of rotatable bonds is 6. The first-order valence-corrected chi connectivity index (χ1v) is 10.3. The highest BCUT2D eigenvalue weighted by molar-refractivity contribution is 7.92. The van der Waals surface area contributed by atoms with Gasteiger partial charge >= 0.3 is 0 Å². The maximum Gasteiger partial charge on any atom is 0.261 e. The zero-order valence-corrected chi connectivity index (χ0v) is 16.2. The summed E-state index contributed by atoms with van der Waals surface area (Å²) < 4.78 is 46.4. The number of ether oxygens (including phenoxy) is 1. The van der Waals surface area contributed by atoms with Gasteiger partial charge in [0.05, 0.1) is 21.7 Å². The molecular formula is C21H15FN2O5S. The molecule has 2 amide bonds. The van der Waals surface area contributed by atoms with Crippen LogP contribution >= 0.6 is 0 Å². The first kappa shape index (κ1) is 19.6. The Kier molecular flexibility index (Phi) is 4.96. The summed E-state index contributed by atoms with van der Waals surface area (Å²) in [6.45, 7) is 0.185. The first-order valence-electron chi connectivity index (χ1n) is 8.82. The molecule has 0 atom stereocenters. The molecule has 0 spiro atoms. The molecule has 4 rings (SSSR count). The maximum absolute atomic E-state index is 13.0. The molecule has 0 bridgehead atoms. The van der Waals surface area contributed by atoms with Gasteiger partial charge in [0.1, 0.15) is 18.2 Å². The maximum atomic E-state index is 13.0. The number of sulfonamides is 1. The van der Waals surface area contributed by atoms with Crippen LogP contribution in [0.5, 0.6) is 5.75 Å². The van der Waals surface area contributed by atoms with Gasteiger partial charge in [-0.1, -0.05) is 18.2 Å². The second-order valence-corrected chi connectivity index (χ2v) is 8.22. The fourth-order valence-electron chi connectivity index (χ4n) is 2.92. The van der Waals surface area contributed by atoms with Crippen molar-refractivity contribution in [2.45, 2.75) is 11.5 Å². The van der Waals surface area contributed by atoms with Crippen molar-refractivity contribution in [3.8, 4) is 5.75 Å². The number of anilines is 1. The summed E-state index contributed by atoms with van der Waals surface area (Å²) >= 11 is 0. The molecule has 1 heterocycles. The summed E-state index contributed by atoms with van der Waals surface area (Å²) in [4.78, 5) is 23.2. The minimum atomic E-state index is -4.00. The van der Waals surface area contributed by atoms with Gasteiger partial charge < -0.3 is 4.74 Å². The van der Waals surface area contributed by atoms with Crippen LogP contribution in [0.4, 0.5) is 10.1 Å². The van der Waals surface area contributed by atoms with E-state index in [4.69, 9.17) is 4.74 Å². The quantitative estimate of drug-likeness (QED) is 0.590. The van der Waals surface area contributed by atoms with Crippen LogP contribution in [0.1, 0.15) is 26.3 Å². The van der Waals surface area contributed by atoms with Gasteiger partial charge in [-0.2, -0.15) is 0 Å². The van der Waals surface area contributed by atoms with Crippen LogP contribution in [0.2, 0.25) is 0 Å². The zero-order valence-electron chi connectivity index (χ0n) is 15.4. The number of nitrogens with one attached hydrogen (secondary N) is 2. The number of fused-ring (bicyclic) bond motifs is 1. The van der Waals surface area contributed by atoms with Crippen LogP contribution in [0.25, 0.3) is 0 Å². The molecule has 30 heavy (non-hydrogen) atoms. The molecule has 3 aromatic carbocycles. The molecule has 1 aliphatic heterocycles. The third-order valence-electron chi connectivity index (χ3n) is 4.42. The predicted octanol–water partition coefficient (Wildman–Crippen LogP) is 3.09. The average molecular weight is 426 g/mol. The SMILES string of the molecule is O=C1NC(=O)c2cc(S(=O)(=O)Nc3cccc(OCc4ccc(F)cc4)c3)ccc21. The van der Waals surface area contributed by atoms with Gasteiger partial charge in [-0.3, -0.25) is 19.6 Å². The van der Waals surface area contributed by atoms with E-state index in [9.17, 15) is 22.4 Å². The van der Waals surface area contributed by atoms with Gasteiger partial charge in [0.15, 0.2) is 0 Å². The molecule has 7 nitrogen and oxygen atoms in total. The Balaban J connectivity index is 1.50. The number of amides is 2. The molecule has 2 N–H and O–H groups in total. The van der Waals surface area contributed by atoms with E-state index < -0.39 is 21.8 Å². The molecule has 0 unspecified atom stereocenters. The third kappa shape index (κ3) is 4.01. The molecule has 0 fully saturated rings. The zero-order chi connectivity index (χ0) is 21.3. The minimum Gasteiger partial charge on any atom is -0.489 e. The number of imide groups is 1. The molecule has 0 radical (unpaired) electrons. The Hall–Kier alpha value is -3.72. The van der Waals surface area contributed by atoms with E-state index in [1.165, 1.54) is 30.3 Å². The van der Waals surface area contributed by atoms with Crippen LogP contribution in [-0.4, -0.2) is 20.2 Å². The predicted molar refractivity (Wildman–Crippen MR) is 106 cm³/mol. The van der Waals surface area contributed by atoms with E-state index in [0.29, 0.717) is 5.75 Å². The largest absolute Gasteiger partial charge is 0.489 e. The fraction of sp³-hybridized carbons (Fsp3) is 0.0476. The molecule has 9 heteroatoms. The van der Waals surface area contributed by atoms with Crippen LogP contribution in [0.3, 0.4) is 0 Å². The molecule has 0 saturated heterocycles. The van der Waals surface area contributed by atoms with Crippen LogP contribution in [-0.2, 0) is 16.6 Å². The van der Waals surface area contributed by atoms with Gasteiger partial charge in [-0.25, -0.2) is 12.8 Å². The van der Waals surface area contributed by atoms with Crippen molar-refractivity contribution in [3.63, 3.8) is 0 Å². The molecule has 0 saturated carbocycles. The lowest BCUT2D eigenvalue weighted by Crippen LogP contribution is -2.19. The highest BCUT2D eigenvalue weighted by Crippen LogP contribution is 2.24. The molecule has 0 aromatic heterocycles. The van der Waals surface area contributed by atoms with Crippen molar-refractivity contribution in [1.82, 2.24) is 5.32 Å². The summed E-state index contributed by atoms with van der Waals surface area (Å²) in [5.41, 5.74) is 1.16. The fourth-order valence-corrected chi connectivity index (χ4v) is 4.00. The number of benzene rings is 3. The lowest BCUT2D eigenvalue weighted by Gasteiger charge is -2.11. The summed E-state index contributed by atoms with van der Waals surface area (Å²) in [7, 11) is -4.00. The standard InChI is InChI=1S/C21H15FN2O5S/c22-14-6-4-13(5-7-14)12-29-16-3-1-2-15(10-16)24-30(27,28)17-8-9-18-19(11-17)21(26)23-20(18)25/h1-11,24H,12H2,(H,23,25,26). The van der Waals surface area contributed by atoms with Crippen molar-refractivity contribution in [2.75, 3.05) is 4.72 Å². The Bertz CT molecular complexity index is 1260. The van der Waals surface area contributed by atoms with Crippen molar-refractivity contribution in [1.29, 1.82) is 0 Å². The van der Waals surface area contributed by atoms with E-state index in [2.05, 4.69) is 10.0 Å². The van der Waals surface area contributed by atoms with Crippen molar-refractivity contribution < 1.29 is 27.1 Å². The summed E-state index contributed by atoms with van der Waals surface area (Å²) in [5, 5.41) is 2.12. The Morgan fingerprint density at radius 1 is 0.900 bits per heavy atom. The summed E-state index contributed by atoms with van der Waals surface area (Å²) in [6, 6.07) is 15.9. The van der Waals surface area contributed by atoms with E-state index in [1.807, 2.05) is 0 Å². The van der Waals surface area contributed by atoms with Crippen LogP contribution in [0.15, 0.2) is 71.6 Å². The highest BCUT2D eigenvalue weighted by atomic mass is 32.2. The molecule has 0 aliphatic carbocycles. The van der Waals surface area contributed by atoms with E-state index >= 15 is 0 Å². The molecule has 1 aliphatic rings. The van der Waals surface area contributed by atoms with Gasteiger partial charge in [0, 0.05) is 6.07 Å². The summed E-state index contributed by atoms with van der Waals surface area (Å²) in [5.74, 6) is -1.12. The highest BCUT2D eigenvalue weighted by Gasteiger charge is 2.28. The van der Waals surface area contributed by atoms with E-state index in [1.54, 1.807) is 30.3 Å². The lowest BCUT2D eigenvalue weighted by atomic mass is 10.1. The molecule has 152 valence electrons. The van der Waals surface area contributed by atoms with Crippen molar-refractivity contribution >= 4 is 27.5 Å². The number of hydrogen-bond donors (Lipinski definition) is 2. The Labute approximate surface area is 171 Å². The summed E-state index contributed by atoms with van der Waals surface area (Å²) in [6.07, 6.45) is 0. The number of carbonyl (C=O) groups excluding carboxylic acids is 2. The van der Waals surface area contributed by atoms with Crippen molar-refractivity contribution in [2.24, 2.45) is 0 Å². The van der Waals surface area contributed by atoms with Crippen LogP contribution in [0, 0.1) is 5.82 Å². The second-order valence-electron chi connectivity index (χ2n) is 6.54. The minimum absolute atomic E-state index is 0.0132. The number of carbonyl (C=O) groups is 2. The lowest BCUT2D eigenvalue weighted by molar-refractivity contribution is 0.0879. The number of hydrogen-bond acceptors (Lipinski definition) is 5. The molecular weight excluding hydrogens is 411 g/mol. The van der Waals surface area contributed by atoms with E-state index in [0.717, 1.165) is 11.6 Å². The van der Waals surface area contributed by atoms with Crippen LogP contribution < -0.4 is 14.8 Å². The average Bonchev–Trinajstić information content (AvgIpc) is 3.01. The smallest absolute Gasteiger partial charge is 0.261 e. The van der Waals surface area contributed by atoms with E-state index in [-0.39, 0.29) is 34.1 Å². The van der Waals surface area contributed by atoms with Gasteiger partial charge in [-0.15, -0.1) is 0 Å². The second kappa shape index (κ2) is 7.60. The Morgan fingerprint density at radius 3 is 2.40 bits per heavy atom. The molecule has 3 aromatic rings. The first-order chi connectivity index (χ1) is 14.3. The van der Waals surface area contributed by atoms with Gasteiger partial charge in [0.2, 0.25) is 0 Å². The third-order valence-corrected chi connectivity index (χ3v) is 5.80. The monoisotopic (exact) mass is 426 g/mol. The number of halogens is 1. The normalized spacial score (nSPS) is 13.0. The topological polar surface area (TPSA) is 102 Å². The Morgan fingerprint density at radius 2 is 1.63 bits per heavy atom.